The number of aliphatic hydroxyl groups is 1. The summed E-state index contributed by atoms with van der Waals surface area (Å²) < 4.78 is 6.51. The quantitative estimate of drug-likeness (QED) is 0.131. The van der Waals surface area contributed by atoms with Crippen molar-refractivity contribution in [1.29, 1.82) is 0 Å². The number of hydrogen-bond donors (Lipinski definition) is 1. The highest BCUT2D eigenvalue weighted by Crippen LogP contribution is 2.27. The molecule has 2 aromatic carbocycles. The van der Waals surface area contributed by atoms with Gasteiger partial charge in [0.2, 0.25) is 23.6 Å². The fraction of sp³-hybridized carbons (Fsp3) is 0.353. The number of aliphatic hydroxyl groups excluding tert-OH is 1. The van der Waals surface area contributed by atoms with Gasteiger partial charge in [-0.2, -0.15) is 0 Å². The number of anilines is 2. The minimum atomic E-state index is -1.66. The summed E-state index contributed by atoms with van der Waals surface area (Å²) in [5.41, 5.74) is -0.515. The van der Waals surface area contributed by atoms with E-state index in [1.807, 2.05) is 0 Å². The Morgan fingerprint density at radius 3 is 1.73 bits per heavy atom. The molecular formula is C34H34N4O10. The number of imide groups is 2. The van der Waals surface area contributed by atoms with Crippen LogP contribution in [0.15, 0.2) is 53.3 Å². The highest BCUT2D eigenvalue weighted by Gasteiger charge is 2.33. The molecule has 0 aliphatic carbocycles. The van der Waals surface area contributed by atoms with E-state index in [4.69, 9.17) is 4.74 Å². The van der Waals surface area contributed by atoms with Gasteiger partial charge in [-0.3, -0.25) is 47.9 Å². The molecule has 1 aromatic heterocycles. The van der Waals surface area contributed by atoms with Crippen molar-refractivity contribution in [3.63, 3.8) is 0 Å². The minimum Gasteiger partial charge on any atom is -0.466 e. The van der Waals surface area contributed by atoms with Crippen LogP contribution in [0.5, 0.6) is 0 Å². The SMILES string of the molecule is CCOC(=O)CCCCC(=O)c1c(C)n(C(O)c2ccc(N3C(=O)CCC3=O)cc2)c(=O)n1C(=O)c1ccc(N2C(=O)CCC2=O)cc1. The van der Waals surface area contributed by atoms with Crippen molar-refractivity contribution in [1.82, 2.24) is 9.13 Å². The van der Waals surface area contributed by atoms with Gasteiger partial charge in [-0.05, 0) is 63.1 Å². The molecule has 2 fully saturated rings. The highest BCUT2D eigenvalue weighted by atomic mass is 16.5. The van der Waals surface area contributed by atoms with Crippen molar-refractivity contribution in [3.8, 4) is 0 Å². The van der Waals surface area contributed by atoms with Crippen LogP contribution in [-0.2, 0) is 28.7 Å². The molecule has 1 unspecified atom stereocenters. The third kappa shape index (κ3) is 6.51. The molecular weight excluding hydrogens is 624 g/mol. The number of unbranched alkanes of at least 4 members (excludes halogenated alkanes) is 1. The van der Waals surface area contributed by atoms with E-state index >= 15 is 0 Å². The monoisotopic (exact) mass is 658 g/mol. The predicted octanol–water partition coefficient (Wildman–Crippen LogP) is 2.80. The number of hydrogen-bond acceptors (Lipinski definition) is 10. The van der Waals surface area contributed by atoms with E-state index in [1.54, 1.807) is 6.92 Å². The van der Waals surface area contributed by atoms with Crippen molar-refractivity contribution in [2.24, 2.45) is 0 Å². The number of benzene rings is 2. The van der Waals surface area contributed by atoms with Crippen LogP contribution in [0, 0.1) is 6.92 Å². The molecule has 3 heterocycles. The summed E-state index contributed by atoms with van der Waals surface area (Å²) in [6, 6.07) is 11.2. The first-order valence-electron chi connectivity index (χ1n) is 15.6. The Morgan fingerprint density at radius 1 is 0.750 bits per heavy atom. The molecule has 0 radical (unpaired) electrons. The Balaban J connectivity index is 1.48. The number of esters is 1. The van der Waals surface area contributed by atoms with Crippen molar-refractivity contribution in [3.05, 3.63) is 81.5 Å². The summed E-state index contributed by atoms with van der Waals surface area (Å²) in [7, 11) is 0. The number of nitrogens with zero attached hydrogens (tertiary/aromatic N) is 4. The second kappa shape index (κ2) is 14.1. The van der Waals surface area contributed by atoms with Crippen LogP contribution < -0.4 is 15.5 Å². The molecule has 2 aliphatic heterocycles. The average Bonchev–Trinajstić information content (AvgIpc) is 3.68. The Kier molecular flexibility index (Phi) is 9.94. The fourth-order valence-corrected chi connectivity index (χ4v) is 5.89. The molecule has 48 heavy (non-hydrogen) atoms. The largest absolute Gasteiger partial charge is 0.466 e. The van der Waals surface area contributed by atoms with Crippen LogP contribution in [-0.4, -0.2) is 62.1 Å². The molecule has 1 N–H and O–H groups in total. The number of carbonyl (C=O) groups excluding carboxylic acids is 7. The van der Waals surface area contributed by atoms with E-state index in [9.17, 15) is 43.5 Å². The van der Waals surface area contributed by atoms with Gasteiger partial charge >= 0.3 is 11.7 Å². The van der Waals surface area contributed by atoms with Gasteiger partial charge in [-0.25, -0.2) is 9.36 Å². The Morgan fingerprint density at radius 2 is 1.23 bits per heavy atom. The van der Waals surface area contributed by atoms with Crippen molar-refractivity contribution in [2.75, 3.05) is 16.4 Å². The molecule has 0 saturated carbocycles. The maximum Gasteiger partial charge on any atom is 0.338 e. The Hall–Kier alpha value is -5.50. The van der Waals surface area contributed by atoms with Gasteiger partial charge in [0.1, 0.15) is 5.69 Å². The lowest BCUT2D eigenvalue weighted by Crippen LogP contribution is -2.33. The molecule has 0 spiro atoms. The van der Waals surface area contributed by atoms with Crippen molar-refractivity contribution < 1.29 is 43.4 Å². The number of aromatic nitrogens is 2. The van der Waals surface area contributed by atoms with Crippen LogP contribution in [0.4, 0.5) is 11.4 Å². The van der Waals surface area contributed by atoms with Crippen LogP contribution in [0.1, 0.15) is 96.6 Å². The third-order valence-electron chi connectivity index (χ3n) is 8.30. The van der Waals surface area contributed by atoms with Crippen LogP contribution in [0.3, 0.4) is 0 Å². The van der Waals surface area contributed by atoms with Gasteiger partial charge in [-0.1, -0.05) is 12.1 Å². The molecule has 3 aromatic rings. The fourth-order valence-electron chi connectivity index (χ4n) is 5.89. The van der Waals surface area contributed by atoms with E-state index in [2.05, 4.69) is 0 Å². The Bertz CT molecular complexity index is 1840. The summed E-state index contributed by atoms with van der Waals surface area (Å²) in [4.78, 5) is 104. The van der Waals surface area contributed by atoms with Crippen LogP contribution in [0.2, 0.25) is 0 Å². The van der Waals surface area contributed by atoms with E-state index in [0.717, 1.165) is 14.4 Å². The first-order valence-corrected chi connectivity index (χ1v) is 15.6. The van der Waals surface area contributed by atoms with Gasteiger partial charge in [-0.15, -0.1) is 0 Å². The zero-order valence-corrected chi connectivity index (χ0v) is 26.5. The summed E-state index contributed by atoms with van der Waals surface area (Å²) in [5.74, 6) is -3.32. The van der Waals surface area contributed by atoms with E-state index in [1.165, 1.54) is 55.5 Å². The van der Waals surface area contributed by atoms with E-state index in [0.29, 0.717) is 16.7 Å². The second-order valence-corrected chi connectivity index (χ2v) is 11.4. The molecule has 0 bridgehead atoms. The minimum absolute atomic E-state index is 0.00935. The van der Waals surface area contributed by atoms with E-state index in [-0.39, 0.29) is 103 Å². The number of imidazole rings is 1. The van der Waals surface area contributed by atoms with Gasteiger partial charge < -0.3 is 9.84 Å². The first kappa shape index (κ1) is 33.9. The Labute approximate surface area is 274 Å². The van der Waals surface area contributed by atoms with Gasteiger partial charge in [0.05, 0.1) is 23.7 Å². The van der Waals surface area contributed by atoms with Gasteiger partial charge in [0, 0.05) is 49.7 Å². The maximum absolute atomic E-state index is 13.9. The number of Topliss-reactive ketones (excluding diaryl/α,β-unsaturated/α-hetero) is 1. The number of carbonyl (C=O) groups is 7. The van der Waals surface area contributed by atoms with E-state index < -0.39 is 29.6 Å². The normalized spacial score (nSPS) is 15.4. The molecule has 14 heteroatoms. The number of ether oxygens (including phenoxy) is 1. The lowest BCUT2D eigenvalue weighted by molar-refractivity contribution is -0.143. The molecule has 250 valence electrons. The molecule has 4 amide bonds. The molecule has 14 nitrogen and oxygen atoms in total. The highest BCUT2D eigenvalue weighted by molar-refractivity contribution is 6.20. The standard InChI is InChI=1S/C34H34N4O10/c1-3-48-30(44)7-5-4-6-25(39)31-20(2)35(32(45)21-8-12-23(13-9-21)36-26(40)16-17-27(36)41)34(47)38(31)33(46)22-10-14-24(15-11-22)37-28(42)18-19-29(37)43/h8-15,32,45H,3-7,16-19H2,1-2H3. The smallest absolute Gasteiger partial charge is 0.338 e. The zero-order valence-electron chi connectivity index (χ0n) is 26.5. The summed E-state index contributed by atoms with van der Waals surface area (Å²) in [6.07, 6.45) is -0.756. The molecule has 5 rings (SSSR count). The average molecular weight is 659 g/mol. The van der Waals surface area contributed by atoms with Crippen LogP contribution in [0.25, 0.3) is 0 Å². The summed E-state index contributed by atoms with van der Waals surface area (Å²) >= 11 is 0. The summed E-state index contributed by atoms with van der Waals surface area (Å²) in [5, 5.41) is 11.4. The number of rotatable bonds is 12. The van der Waals surface area contributed by atoms with Crippen LogP contribution >= 0.6 is 0 Å². The molecule has 1 atom stereocenters. The predicted molar refractivity (Wildman–Crippen MR) is 169 cm³/mol. The topological polar surface area (TPSA) is 182 Å². The lowest BCUT2D eigenvalue weighted by Gasteiger charge is -2.17. The second-order valence-electron chi connectivity index (χ2n) is 11.4. The third-order valence-corrected chi connectivity index (χ3v) is 8.30. The first-order chi connectivity index (χ1) is 22.9. The van der Waals surface area contributed by atoms with Gasteiger partial charge in [0.25, 0.3) is 5.91 Å². The van der Waals surface area contributed by atoms with Gasteiger partial charge in [0.15, 0.2) is 12.0 Å². The molecule has 2 aliphatic rings. The van der Waals surface area contributed by atoms with Crippen molar-refractivity contribution in [2.45, 2.75) is 71.4 Å². The number of amides is 4. The maximum atomic E-state index is 13.9. The van der Waals surface area contributed by atoms with Crippen molar-refractivity contribution >= 4 is 52.7 Å². The summed E-state index contributed by atoms with van der Waals surface area (Å²) in [6.45, 7) is 3.33. The number of ketones is 1. The lowest BCUT2D eigenvalue weighted by atomic mass is 10.1. The molecule has 2 saturated heterocycles. The zero-order chi connectivity index (χ0) is 34.7.